The second-order valence-electron chi connectivity index (χ2n) is 8.15. The topological polar surface area (TPSA) is 93.5 Å². The number of nitro benzene ring substituents is 1. The minimum Gasteiger partial charge on any atom is -0.487 e. The molecule has 0 saturated heterocycles. The minimum absolute atomic E-state index is 0.0249. The number of hydrogen-bond acceptors (Lipinski definition) is 4. The van der Waals surface area contributed by atoms with E-state index in [0.717, 1.165) is 30.6 Å². The standard InChI is InChI=1S/C22H27N3O4/c1-5-22(6-2)14-21(3,4)18-13-16(9-12-19(18)29-22)24-20(26)23-15-7-10-17(11-8-15)25(27)28/h7-13H,5-6,14H2,1-4H3,(H2,23,24,26). The minimum atomic E-state index is -0.480. The number of carbonyl (C=O) groups excluding carboxylic acids is 1. The zero-order valence-electron chi connectivity index (χ0n) is 17.2. The molecule has 0 bridgehead atoms. The van der Waals surface area contributed by atoms with Gasteiger partial charge in [-0.3, -0.25) is 10.1 Å². The van der Waals surface area contributed by atoms with Crippen LogP contribution in [0.5, 0.6) is 5.75 Å². The summed E-state index contributed by atoms with van der Waals surface area (Å²) in [7, 11) is 0. The summed E-state index contributed by atoms with van der Waals surface area (Å²) in [6.07, 6.45) is 2.81. The van der Waals surface area contributed by atoms with E-state index in [2.05, 4.69) is 38.3 Å². The Labute approximate surface area is 170 Å². The van der Waals surface area contributed by atoms with Gasteiger partial charge in [0, 0.05) is 29.1 Å². The summed E-state index contributed by atoms with van der Waals surface area (Å²) in [4.78, 5) is 22.6. The highest BCUT2D eigenvalue weighted by molar-refractivity contribution is 5.99. The van der Waals surface area contributed by atoms with Crippen molar-refractivity contribution in [3.8, 4) is 5.75 Å². The Kier molecular flexibility index (Phi) is 5.50. The largest absolute Gasteiger partial charge is 0.487 e. The third-order valence-corrected chi connectivity index (χ3v) is 5.68. The van der Waals surface area contributed by atoms with Gasteiger partial charge in [0.05, 0.1) is 4.92 Å². The van der Waals surface area contributed by atoms with E-state index in [0.29, 0.717) is 11.4 Å². The maximum absolute atomic E-state index is 12.3. The molecule has 0 aromatic heterocycles. The van der Waals surface area contributed by atoms with Gasteiger partial charge in [0.1, 0.15) is 11.4 Å². The highest BCUT2D eigenvalue weighted by Crippen LogP contribution is 2.47. The molecule has 7 heteroatoms. The van der Waals surface area contributed by atoms with Crippen LogP contribution in [0, 0.1) is 10.1 Å². The van der Waals surface area contributed by atoms with Gasteiger partial charge in [-0.25, -0.2) is 4.79 Å². The molecule has 0 spiro atoms. The number of anilines is 2. The number of hydrogen-bond donors (Lipinski definition) is 2. The van der Waals surface area contributed by atoms with Crippen LogP contribution in [-0.4, -0.2) is 16.6 Å². The van der Waals surface area contributed by atoms with Gasteiger partial charge < -0.3 is 15.4 Å². The van der Waals surface area contributed by atoms with Gasteiger partial charge in [-0.2, -0.15) is 0 Å². The maximum Gasteiger partial charge on any atom is 0.323 e. The molecule has 0 unspecified atom stereocenters. The number of ether oxygens (including phenoxy) is 1. The van der Waals surface area contributed by atoms with Gasteiger partial charge in [-0.05, 0) is 55.0 Å². The van der Waals surface area contributed by atoms with Crippen LogP contribution in [-0.2, 0) is 5.41 Å². The SMILES string of the molecule is CCC1(CC)CC(C)(C)c2cc(NC(=O)Nc3ccc([N+](=O)[O-])cc3)ccc2O1. The van der Waals surface area contributed by atoms with E-state index in [1.807, 2.05) is 18.2 Å². The van der Waals surface area contributed by atoms with Crippen LogP contribution in [0.15, 0.2) is 42.5 Å². The van der Waals surface area contributed by atoms with Crippen molar-refractivity contribution in [3.05, 3.63) is 58.1 Å². The molecule has 0 saturated carbocycles. The fourth-order valence-electron chi connectivity index (χ4n) is 4.00. The van der Waals surface area contributed by atoms with E-state index in [1.165, 1.54) is 24.3 Å². The normalized spacial score (nSPS) is 16.3. The number of carbonyl (C=O) groups is 1. The van der Waals surface area contributed by atoms with Crippen LogP contribution in [0.3, 0.4) is 0 Å². The summed E-state index contributed by atoms with van der Waals surface area (Å²) in [5.74, 6) is 0.867. The lowest BCUT2D eigenvalue weighted by Gasteiger charge is -2.45. The number of fused-ring (bicyclic) bond motifs is 1. The number of nitro groups is 1. The Morgan fingerprint density at radius 1 is 1.07 bits per heavy atom. The Morgan fingerprint density at radius 2 is 1.66 bits per heavy atom. The fraction of sp³-hybridized carbons (Fsp3) is 0.409. The van der Waals surface area contributed by atoms with E-state index in [9.17, 15) is 14.9 Å². The zero-order chi connectivity index (χ0) is 21.2. The van der Waals surface area contributed by atoms with E-state index >= 15 is 0 Å². The molecule has 29 heavy (non-hydrogen) atoms. The van der Waals surface area contributed by atoms with Crippen molar-refractivity contribution in [1.82, 2.24) is 0 Å². The molecule has 2 N–H and O–H groups in total. The number of non-ortho nitro benzene ring substituents is 1. The molecule has 1 heterocycles. The van der Waals surface area contributed by atoms with Crippen molar-refractivity contribution in [2.24, 2.45) is 0 Å². The van der Waals surface area contributed by atoms with Crippen molar-refractivity contribution >= 4 is 23.1 Å². The first kappa shape index (κ1) is 20.6. The van der Waals surface area contributed by atoms with E-state index in [-0.39, 0.29) is 16.7 Å². The van der Waals surface area contributed by atoms with Gasteiger partial charge >= 0.3 is 6.03 Å². The van der Waals surface area contributed by atoms with E-state index in [1.54, 1.807) is 0 Å². The van der Waals surface area contributed by atoms with Crippen LogP contribution in [0.25, 0.3) is 0 Å². The predicted molar refractivity (Wildman–Crippen MR) is 114 cm³/mol. The highest BCUT2D eigenvalue weighted by Gasteiger charge is 2.42. The summed E-state index contributed by atoms with van der Waals surface area (Å²) in [6, 6.07) is 11.0. The lowest BCUT2D eigenvalue weighted by molar-refractivity contribution is -0.384. The van der Waals surface area contributed by atoms with Crippen LogP contribution < -0.4 is 15.4 Å². The Morgan fingerprint density at radius 3 is 2.24 bits per heavy atom. The first-order valence-electron chi connectivity index (χ1n) is 9.84. The number of benzene rings is 2. The first-order chi connectivity index (χ1) is 13.7. The molecular formula is C22H27N3O4. The van der Waals surface area contributed by atoms with E-state index < -0.39 is 11.0 Å². The Hall–Kier alpha value is -3.09. The maximum atomic E-state index is 12.3. The van der Waals surface area contributed by atoms with Gasteiger partial charge in [0.25, 0.3) is 5.69 Å². The van der Waals surface area contributed by atoms with Gasteiger partial charge in [0.15, 0.2) is 0 Å². The number of nitrogens with zero attached hydrogens (tertiary/aromatic N) is 1. The molecular weight excluding hydrogens is 370 g/mol. The molecule has 1 aliphatic heterocycles. The van der Waals surface area contributed by atoms with Crippen LogP contribution >= 0.6 is 0 Å². The number of amides is 2. The van der Waals surface area contributed by atoms with Crippen LogP contribution in [0.4, 0.5) is 21.9 Å². The lowest BCUT2D eigenvalue weighted by atomic mass is 9.71. The molecule has 1 aliphatic rings. The van der Waals surface area contributed by atoms with Gasteiger partial charge in [-0.15, -0.1) is 0 Å². The number of rotatable bonds is 5. The molecule has 2 amide bonds. The fourth-order valence-corrected chi connectivity index (χ4v) is 4.00. The molecule has 0 radical (unpaired) electrons. The molecule has 2 aromatic carbocycles. The highest BCUT2D eigenvalue weighted by atomic mass is 16.6. The second kappa shape index (κ2) is 7.73. The average molecular weight is 397 g/mol. The van der Waals surface area contributed by atoms with Gasteiger partial charge in [-0.1, -0.05) is 27.7 Å². The van der Waals surface area contributed by atoms with Crippen molar-refractivity contribution in [3.63, 3.8) is 0 Å². The predicted octanol–water partition coefficient (Wildman–Crippen LogP) is 5.86. The third kappa shape index (κ3) is 4.34. The van der Waals surface area contributed by atoms with Crippen molar-refractivity contribution in [2.45, 2.75) is 58.0 Å². The molecule has 0 atom stereocenters. The molecule has 154 valence electrons. The molecule has 7 nitrogen and oxygen atoms in total. The molecule has 0 fully saturated rings. The molecule has 0 aliphatic carbocycles. The smallest absolute Gasteiger partial charge is 0.323 e. The van der Waals surface area contributed by atoms with Gasteiger partial charge in [0.2, 0.25) is 0 Å². The summed E-state index contributed by atoms with van der Waals surface area (Å²) in [5, 5.41) is 16.2. The Balaban J connectivity index is 1.74. The number of nitrogens with one attached hydrogen (secondary N) is 2. The lowest BCUT2D eigenvalue weighted by Crippen LogP contribution is -2.45. The average Bonchev–Trinajstić information content (AvgIpc) is 2.68. The first-order valence-corrected chi connectivity index (χ1v) is 9.84. The quantitative estimate of drug-likeness (QED) is 0.488. The number of urea groups is 1. The molecule has 3 rings (SSSR count). The van der Waals surface area contributed by atoms with Crippen molar-refractivity contribution in [1.29, 1.82) is 0 Å². The summed E-state index contributed by atoms with van der Waals surface area (Å²) in [6.45, 7) is 8.72. The van der Waals surface area contributed by atoms with Crippen LogP contribution in [0.1, 0.15) is 52.5 Å². The molecule has 2 aromatic rings. The third-order valence-electron chi connectivity index (χ3n) is 5.68. The zero-order valence-corrected chi connectivity index (χ0v) is 17.2. The van der Waals surface area contributed by atoms with Crippen LogP contribution in [0.2, 0.25) is 0 Å². The van der Waals surface area contributed by atoms with Crippen molar-refractivity contribution in [2.75, 3.05) is 10.6 Å². The van der Waals surface area contributed by atoms with Crippen molar-refractivity contribution < 1.29 is 14.5 Å². The van der Waals surface area contributed by atoms with E-state index in [4.69, 9.17) is 4.74 Å². The summed E-state index contributed by atoms with van der Waals surface area (Å²) < 4.78 is 6.36. The monoisotopic (exact) mass is 397 g/mol. The second-order valence-corrected chi connectivity index (χ2v) is 8.15. The Bertz CT molecular complexity index is 918. The summed E-state index contributed by atoms with van der Waals surface area (Å²) >= 11 is 0. The summed E-state index contributed by atoms with van der Waals surface area (Å²) in [5.41, 5.74) is 1.96.